The maximum Gasteiger partial charge on any atom is 0.251 e. The number of ether oxygens (including phenoxy) is 1. The number of carbonyl (C=O) groups excluding carboxylic acids is 2. The zero-order chi connectivity index (χ0) is 19.9. The Bertz CT molecular complexity index is 815. The first-order valence-corrected chi connectivity index (χ1v) is 9.99. The molecule has 0 radical (unpaired) electrons. The van der Waals surface area contributed by atoms with Gasteiger partial charge in [0, 0.05) is 29.7 Å². The van der Waals surface area contributed by atoms with Crippen molar-refractivity contribution >= 4 is 23.4 Å². The van der Waals surface area contributed by atoms with Crippen LogP contribution in [0.3, 0.4) is 0 Å². The number of benzene rings is 2. The molecule has 28 heavy (non-hydrogen) atoms. The zero-order valence-electron chi connectivity index (χ0n) is 16.0. The van der Waals surface area contributed by atoms with Crippen molar-refractivity contribution in [3.8, 4) is 5.75 Å². The number of halogens is 1. The highest BCUT2D eigenvalue weighted by atomic mass is 35.5. The Morgan fingerprint density at radius 1 is 1.14 bits per heavy atom. The highest BCUT2D eigenvalue weighted by Gasteiger charge is 2.24. The monoisotopic (exact) mass is 400 g/mol. The van der Waals surface area contributed by atoms with Crippen molar-refractivity contribution in [2.24, 2.45) is 0 Å². The summed E-state index contributed by atoms with van der Waals surface area (Å²) in [7, 11) is 0. The molecule has 2 amide bonds. The SMILES string of the molecule is CCOc1ccc(CC(=O)N2CCC(NC(=O)c3cccc(Cl)c3)CC2)cc1. The number of amides is 2. The lowest BCUT2D eigenvalue weighted by molar-refractivity contribution is -0.131. The number of likely N-dealkylation sites (tertiary alicyclic amines) is 1. The van der Waals surface area contributed by atoms with E-state index in [1.807, 2.05) is 36.1 Å². The zero-order valence-corrected chi connectivity index (χ0v) is 16.7. The second-order valence-electron chi connectivity index (χ2n) is 6.89. The van der Waals surface area contributed by atoms with E-state index in [1.165, 1.54) is 0 Å². The Hall–Kier alpha value is -2.53. The molecule has 0 unspecified atom stereocenters. The van der Waals surface area contributed by atoms with Crippen molar-refractivity contribution in [1.82, 2.24) is 10.2 Å². The third-order valence-corrected chi connectivity index (χ3v) is 5.09. The molecule has 3 rings (SSSR count). The van der Waals surface area contributed by atoms with Gasteiger partial charge >= 0.3 is 0 Å². The summed E-state index contributed by atoms with van der Waals surface area (Å²) in [5.41, 5.74) is 1.53. The number of nitrogens with zero attached hydrogens (tertiary/aromatic N) is 1. The molecular formula is C22H25ClN2O3. The molecule has 0 aromatic heterocycles. The normalized spacial score (nSPS) is 14.6. The molecule has 0 saturated carbocycles. The van der Waals surface area contributed by atoms with E-state index in [9.17, 15) is 9.59 Å². The Labute approximate surface area is 170 Å². The fraction of sp³-hybridized carbons (Fsp3) is 0.364. The van der Waals surface area contributed by atoms with Crippen molar-refractivity contribution in [3.05, 3.63) is 64.7 Å². The van der Waals surface area contributed by atoms with Gasteiger partial charge in [-0.25, -0.2) is 0 Å². The van der Waals surface area contributed by atoms with E-state index in [-0.39, 0.29) is 17.9 Å². The van der Waals surface area contributed by atoms with Gasteiger partial charge in [-0.1, -0.05) is 29.8 Å². The van der Waals surface area contributed by atoms with Gasteiger partial charge in [0.15, 0.2) is 0 Å². The quantitative estimate of drug-likeness (QED) is 0.804. The molecule has 0 aliphatic carbocycles. The van der Waals surface area contributed by atoms with Gasteiger partial charge in [0.1, 0.15) is 5.75 Å². The predicted octanol–water partition coefficient (Wildman–Crippen LogP) is 3.70. The van der Waals surface area contributed by atoms with Crippen LogP contribution < -0.4 is 10.1 Å². The van der Waals surface area contributed by atoms with Crippen LogP contribution in [0, 0.1) is 0 Å². The van der Waals surface area contributed by atoms with Crippen LogP contribution in [0.1, 0.15) is 35.7 Å². The summed E-state index contributed by atoms with van der Waals surface area (Å²) in [6, 6.07) is 14.6. The number of nitrogens with one attached hydrogen (secondary N) is 1. The number of piperidine rings is 1. The molecule has 148 valence electrons. The van der Waals surface area contributed by atoms with Gasteiger partial charge in [-0.3, -0.25) is 9.59 Å². The van der Waals surface area contributed by atoms with E-state index in [4.69, 9.17) is 16.3 Å². The van der Waals surface area contributed by atoms with Crippen LogP contribution in [0.4, 0.5) is 0 Å². The summed E-state index contributed by atoms with van der Waals surface area (Å²) in [5, 5.41) is 3.58. The van der Waals surface area contributed by atoms with E-state index >= 15 is 0 Å². The van der Waals surface area contributed by atoms with Crippen molar-refractivity contribution in [2.75, 3.05) is 19.7 Å². The minimum absolute atomic E-state index is 0.0704. The maximum absolute atomic E-state index is 12.6. The smallest absolute Gasteiger partial charge is 0.251 e. The highest BCUT2D eigenvalue weighted by Crippen LogP contribution is 2.16. The Morgan fingerprint density at radius 3 is 2.50 bits per heavy atom. The molecule has 0 atom stereocenters. The average Bonchev–Trinajstić information content (AvgIpc) is 2.70. The van der Waals surface area contributed by atoms with Crippen molar-refractivity contribution in [3.63, 3.8) is 0 Å². The van der Waals surface area contributed by atoms with Crippen LogP contribution in [0.25, 0.3) is 0 Å². The molecule has 1 N–H and O–H groups in total. The second kappa shape index (κ2) is 9.60. The van der Waals surface area contributed by atoms with Gasteiger partial charge in [-0.2, -0.15) is 0 Å². The number of carbonyl (C=O) groups is 2. The molecule has 1 aliphatic rings. The summed E-state index contributed by atoms with van der Waals surface area (Å²) in [6.07, 6.45) is 1.88. The van der Waals surface area contributed by atoms with E-state index in [1.54, 1.807) is 24.3 Å². The van der Waals surface area contributed by atoms with Gasteiger partial charge in [0.05, 0.1) is 13.0 Å². The third kappa shape index (κ3) is 5.49. The van der Waals surface area contributed by atoms with Crippen LogP contribution in [-0.4, -0.2) is 42.5 Å². The Kier molecular flexibility index (Phi) is 6.93. The van der Waals surface area contributed by atoms with Gasteiger partial charge in [-0.05, 0) is 55.7 Å². The molecule has 1 fully saturated rings. The molecule has 1 heterocycles. The lowest BCUT2D eigenvalue weighted by atomic mass is 10.0. The number of hydrogen-bond acceptors (Lipinski definition) is 3. The molecule has 1 saturated heterocycles. The molecule has 0 bridgehead atoms. The summed E-state index contributed by atoms with van der Waals surface area (Å²) in [4.78, 5) is 26.8. The largest absolute Gasteiger partial charge is 0.494 e. The molecule has 5 nitrogen and oxygen atoms in total. The fourth-order valence-electron chi connectivity index (χ4n) is 3.33. The van der Waals surface area contributed by atoms with E-state index in [2.05, 4.69) is 5.32 Å². The van der Waals surface area contributed by atoms with Gasteiger partial charge in [0.25, 0.3) is 5.91 Å². The topological polar surface area (TPSA) is 58.6 Å². The first-order chi connectivity index (χ1) is 13.5. The van der Waals surface area contributed by atoms with Crippen LogP contribution in [-0.2, 0) is 11.2 Å². The molecule has 0 spiro atoms. The molecule has 2 aromatic carbocycles. The average molecular weight is 401 g/mol. The predicted molar refractivity (Wildman–Crippen MR) is 110 cm³/mol. The molecule has 2 aromatic rings. The van der Waals surface area contributed by atoms with Gasteiger partial charge in [0.2, 0.25) is 5.91 Å². The molecular weight excluding hydrogens is 376 g/mol. The maximum atomic E-state index is 12.6. The first-order valence-electron chi connectivity index (χ1n) is 9.61. The van der Waals surface area contributed by atoms with Crippen molar-refractivity contribution in [2.45, 2.75) is 32.2 Å². The van der Waals surface area contributed by atoms with Crippen molar-refractivity contribution < 1.29 is 14.3 Å². The van der Waals surface area contributed by atoms with Crippen LogP contribution in [0.15, 0.2) is 48.5 Å². The Balaban J connectivity index is 1.46. The summed E-state index contributed by atoms with van der Waals surface area (Å²) in [5.74, 6) is 0.806. The first kappa shape index (κ1) is 20.2. The van der Waals surface area contributed by atoms with Crippen LogP contribution in [0.2, 0.25) is 5.02 Å². The minimum atomic E-state index is -0.123. The molecule has 6 heteroatoms. The minimum Gasteiger partial charge on any atom is -0.494 e. The highest BCUT2D eigenvalue weighted by molar-refractivity contribution is 6.30. The Morgan fingerprint density at radius 2 is 1.86 bits per heavy atom. The van der Waals surface area contributed by atoms with Crippen LogP contribution >= 0.6 is 11.6 Å². The summed E-state index contributed by atoms with van der Waals surface area (Å²) < 4.78 is 5.43. The lowest BCUT2D eigenvalue weighted by Crippen LogP contribution is -2.47. The lowest BCUT2D eigenvalue weighted by Gasteiger charge is -2.32. The van der Waals surface area contributed by atoms with E-state index in [0.29, 0.717) is 36.7 Å². The number of rotatable bonds is 6. The standard InChI is InChI=1S/C22H25ClN2O3/c1-2-28-20-8-6-16(7-9-20)14-21(26)25-12-10-19(11-13-25)24-22(27)17-4-3-5-18(23)15-17/h3-9,15,19H,2,10-14H2,1H3,(H,24,27). The fourth-order valence-corrected chi connectivity index (χ4v) is 3.52. The van der Waals surface area contributed by atoms with Gasteiger partial charge in [-0.15, -0.1) is 0 Å². The van der Waals surface area contributed by atoms with E-state index < -0.39 is 0 Å². The van der Waals surface area contributed by atoms with Gasteiger partial charge < -0.3 is 15.0 Å². The summed E-state index contributed by atoms with van der Waals surface area (Å²) >= 11 is 5.95. The van der Waals surface area contributed by atoms with Crippen molar-refractivity contribution in [1.29, 1.82) is 0 Å². The van der Waals surface area contributed by atoms with E-state index in [0.717, 1.165) is 24.2 Å². The summed E-state index contributed by atoms with van der Waals surface area (Å²) in [6.45, 7) is 3.87. The molecule has 1 aliphatic heterocycles. The third-order valence-electron chi connectivity index (χ3n) is 4.86. The van der Waals surface area contributed by atoms with Crippen LogP contribution in [0.5, 0.6) is 5.75 Å². The second-order valence-corrected chi connectivity index (χ2v) is 7.33. The number of hydrogen-bond donors (Lipinski definition) is 1.